The van der Waals surface area contributed by atoms with Gasteiger partial charge in [-0.1, -0.05) is 0 Å². The third-order valence-electron chi connectivity index (χ3n) is 1.76. The summed E-state index contributed by atoms with van der Waals surface area (Å²) in [5, 5.41) is 7.19. The highest BCUT2D eigenvalue weighted by Gasteiger charge is 1.98. The van der Waals surface area contributed by atoms with E-state index in [1.807, 2.05) is 17.7 Å². The molecule has 0 aromatic carbocycles. The molecule has 2 aromatic rings. The zero-order valence-corrected chi connectivity index (χ0v) is 9.81. The van der Waals surface area contributed by atoms with Crippen LogP contribution < -0.4 is 5.32 Å². The summed E-state index contributed by atoms with van der Waals surface area (Å²) >= 11 is 3.23. The standard InChI is InChI=1S/C9H10N4S2/c1-14-8-4-7(12-6-13-8)11-5-9-10-2-3-15-9/h2-4,6H,5H2,1H3,(H,11,12,13). The van der Waals surface area contributed by atoms with Gasteiger partial charge in [0, 0.05) is 17.6 Å². The third kappa shape index (κ3) is 2.90. The molecule has 0 saturated carbocycles. The van der Waals surface area contributed by atoms with Crippen molar-refractivity contribution in [3.05, 3.63) is 29.0 Å². The van der Waals surface area contributed by atoms with E-state index in [1.165, 1.54) is 0 Å². The number of thiazole rings is 1. The molecule has 0 unspecified atom stereocenters. The Bertz CT molecular complexity index is 416. The Kier molecular flexibility index (Phi) is 3.52. The molecule has 0 aliphatic heterocycles. The minimum Gasteiger partial charge on any atom is -0.363 e. The molecule has 0 fully saturated rings. The smallest absolute Gasteiger partial charge is 0.130 e. The summed E-state index contributed by atoms with van der Waals surface area (Å²) < 4.78 is 0. The average Bonchev–Trinajstić information content (AvgIpc) is 2.79. The lowest BCUT2D eigenvalue weighted by Crippen LogP contribution is -2.01. The summed E-state index contributed by atoms with van der Waals surface area (Å²) in [6.45, 7) is 0.711. The molecule has 78 valence electrons. The van der Waals surface area contributed by atoms with Crippen molar-refractivity contribution in [1.82, 2.24) is 15.0 Å². The van der Waals surface area contributed by atoms with E-state index in [0.717, 1.165) is 15.9 Å². The Labute approximate surface area is 96.2 Å². The summed E-state index contributed by atoms with van der Waals surface area (Å²) in [4.78, 5) is 12.4. The normalized spacial score (nSPS) is 10.2. The molecule has 0 aliphatic rings. The lowest BCUT2D eigenvalue weighted by Gasteiger charge is -2.03. The minimum absolute atomic E-state index is 0.711. The first-order chi connectivity index (χ1) is 7.38. The van der Waals surface area contributed by atoms with Crippen molar-refractivity contribution < 1.29 is 0 Å². The lowest BCUT2D eigenvalue weighted by atomic mass is 10.5. The van der Waals surface area contributed by atoms with Crippen LogP contribution in [-0.4, -0.2) is 21.2 Å². The predicted molar refractivity (Wildman–Crippen MR) is 63.3 cm³/mol. The molecule has 0 spiro atoms. The van der Waals surface area contributed by atoms with Crippen LogP contribution in [0.15, 0.2) is 29.0 Å². The van der Waals surface area contributed by atoms with Crippen LogP contribution in [-0.2, 0) is 6.54 Å². The van der Waals surface area contributed by atoms with Gasteiger partial charge in [0.1, 0.15) is 22.2 Å². The zero-order chi connectivity index (χ0) is 10.5. The van der Waals surface area contributed by atoms with Gasteiger partial charge in [0.2, 0.25) is 0 Å². The average molecular weight is 238 g/mol. The topological polar surface area (TPSA) is 50.7 Å². The van der Waals surface area contributed by atoms with E-state index in [2.05, 4.69) is 20.3 Å². The number of rotatable bonds is 4. The van der Waals surface area contributed by atoms with Crippen LogP contribution in [0.4, 0.5) is 5.82 Å². The number of anilines is 1. The quantitative estimate of drug-likeness (QED) is 0.654. The van der Waals surface area contributed by atoms with E-state index < -0.39 is 0 Å². The summed E-state index contributed by atoms with van der Waals surface area (Å²) in [5.41, 5.74) is 0. The fraction of sp³-hybridized carbons (Fsp3) is 0.222. The van der Waals surface area contributed by atoms with Crippen molar-refractivity contribution in [2.24, 2.45) is 0 Å². The molecule has 4 nitrogen and oxygen atoms in total. The monoisotopic (exact) mass is 238 g/mol. The number of nitrogens with one attached hydrogen (secondary N) is 1. The Morgan fingerprint density at radius 1 is 1.40 bits per heavy atom. The molecule has 6 heteroatoms. The number of nitrogens with zero attached hydrogens (tertiary/aromatic N) is 3. The van der Waals surface area contributed by atoms with E-state index in [1.54, 1.807) is 35.6 Å². The van der Waals surface area contributed by atoms with Gasteiger partial charge >= 0.3 is 0 Å². The van der Waals surface area contributed by atoms with Crippen molar-refractivity contribution in [3.8, 4) is 0 Å². The van der Waals surface area contributed by atoms with Crippen molar-refractivity contribution in [2.75, 3.05) is 11.6 Å². The molecule has 0 saturated heterocycles. The molecule has 0 atom stereocenters. The van der Waals surface area contributed by atoms with E-state index in [4.69, 9.17) is 0 Å². The Morgan fingerprint density at radius 3 is 3.07 bits per heavy atom. The number of thioether (sulfide) groups is 1. The SMILES string of the molecule is CSc1cc(NCc2nccs2)ncn1. The highest BCUT2D eigenvalue weighted by Crippen LogP contribution is 2.14. The van der Waals surface area contributed by atoms with E-state index >= 15 is 0 Å². The van der Waals surface area contributed by atoms with Crippen LogP contribution in [0.25, 0.3) is 0 Å². The van der Waals surface area contributed by atoms with Gasteiger partial charge < -0.3 is 5.32 Å². The Morgan fingerprint density at radius 2 is 2.33 bits per heavy atom. The van der Waals surface area contributed by atoms with Crippen LogP contribution in [0.1, 0.15) is 5.01 Å². The van der Waals surface area contributed by atoms with Gasteiger partial charge in [0.25, 0.3) is 0 Å². The van der Waals surface area contributed by atoms with E-state index in [-0.39, 0.29) is 0 Å². The molecule has 2 aromatic heterocycles. The Balaban J connectivity index is 1.98. The van der Waals surface area contributed by atoms with E-state index in [0.29, 0.717) is 6.54 Å². The third-order valence-corrected chi connectivity index (χ3v) is 3.18. The van der Waals surface area contributed by atoms with Crippen molar-refractivity contribution in [2.45, 2.75) is 11.6 Å². The molecule has 0 amide bonds. The summed E-state index contributed by atoms with van der Waals surface area (Å²) in [6, 6.07) is 1.93. The van der Waals surface area contributed by atoms with Gasteiger partial charge in [-0.15, -0.1) is 23.1 Å². The molecule has 15 heavy (non-hydrogen) atoms. The first-order valence-corrected chi connectivity index (χ1v) is 6.47. The van der Waals surface area contributed by atoms with Gasteiger partial charge in [-0.3, -0.25) is 0 Å². The second-order valence-electron chi connectivity index (χ2n) is 2.73. The van der Waals surface area contributed by atoms with E-state index in [9.17, 15) is 0 Å². The van der Waals surface area contributed by atoms with Crippen molar-refractivity contribution in [3.63, 3.8) is 0 Å². The second kappa shape index (κ2) is 5.09. The first-order valence-electron chi connectivity index (χ1n) is 4.37. The molecule has 0 bridgehead atoms. The van der Waals surface area contributed by atoms with Gasteiger partial charge in [0.15, 0.2) is 0 Å². The van der Waals surface area contributed by atoms with Crippen molar-refractivity contribution in [1.29, 1.82) is 0 Å². The number of aromatic nitrogens is 3. The van der Waals surface area contributed by atoms with Crippen LogP contribution in [0.2, 0.25) is 0 Å². The van der Waals surface area contributed by atoms with Crippen LogP contribution in [0.3, 0.4) is 0 Å². The maximum absolute atomic E-state index is 4.18. The summed E-state index contributed by atoms with van der Waals surface area (Å²) in [5.74, 6) is 0.838. The lowest BCUT2D eigenvalue weighted by molar-refractivity contribution is 1.01. The molecule has 0 radical (unpaired) electrons. The van der Waals surface area contributed by atoms with Gasteiger partial charge in [-0.25, -0.2) is 15.0 Å². The zero-order valence-electron chi connectivity index (χ0n) is 8.17. The van der Waals surface area contributed by atoms with Gasteiger partial charge in [0.05, 0.1) is 6.54 Å². The maximum atomic E-state index is 4.18. The largest absolute Gasteiger partial charge is 0.363 e. The summed E-state index contributed by atoms with van der Waals surface area (Å²) in [6.07, 6.45) is 5.36. The first kappa shape index (κ1) is 10.4. The number of hydrogen-bond acceptors (Lipinski definition) is 6. The molecular weight excluding hydrogens is 228 g/mol. The van der Waals surface area contributed by atoms with Crippen LogP contribution in [0.5, 0.6) is 0 Å². The predicted octanol–water partition coefficient (Wildman–Crippen LogP) is 2.27. The minimum atomic E-state index is 0.711. The van der Waals surface area contributed by atoms with Crippen LogP contribution >= 0.6 is 23.1 Å². The fourth-order valence-corrected chi connectivity index (χ4v) is 1.99. The highest BCUT2D eigenvalue weighted by molar-refractivity contribution is 7.98. The fourth-order valence-electron chi connectivity index (χ4n) is 1.05. The molecule has 2 rings (SSSR count). The van der Waals surface area contributed by atoms with Crippen LogP contribution in [0, 0.1) is 0 Å². The molecule has 0 aliphatic carbocycles. The van der Waals surface area contributed by atoms with Gasteiger partial charge in [-0.2, -0.15) is 0 Å². The van der Waals surface area contributed by atoms with Gasteiger partial charge in [-0.05, 0) is 6.26 Å². The molecule has 2 heterocycles. The Hall–Kier alpha value is -1.14. The number of hydrogen-bond donors (Lipinski definition) is 1. The highest BCUT2D eigenvalue weighted by atomic mass is 32.2. The maximum Gasteiger partial charge on any atom is 0.130 e. The summed E-state index contributed by atoms with van der Waals surface area (Å²) in [7, 11) is 0. The molecule has 1 N–H and O–H groups in total. The second-order valence-corrected chi connectivity index (χ2v) is 4.53. The van der Waals surface area contributed by atoms with Crippen molar-refractivity contribution >= 4 is 28.9 Å². The molecular formula is C9H10N4S2.